The van der Waals surface area contributed by atoms with Crippen LogP contribution in [0.2, 0.25) is 0 Å². The summed E-state index contributed by atoms with van der Waals surface area (Å²) < 4.78 is 0. The number of anilines is 1. The number of hydrazine groups is 1. The average molecular weight is 260 g/mol. The van der Waals surface area contributed by atoms with Gasteiger partial charge in [-0.2, -0.15) is 10.5 Å². The first-order valence-corrected chi connectivity index (χ1v) is 5.32. The second-order valence-electron chi connectivity index (χ2n) is 3.71. The lowest BCUT2D eigenvalue weighted by Gasteiger charge is -2.15. The minimum Gasteiger partial charge on any atom is -0.318 e. The Kier molecular flexibility index (Phi) is 5.23. The number of hydrogen-bond acceptors (Lipinski definition) is 7. The van der Waals surface area contributed by atoms with Crippen LogP contribution in [0.3, 0.4) is 0 Å². The fraction of sp³-hybridized carbons (Fsp3) is 0.273. The lowest BCUT2D eigenvalue weighted by Crippen LogP contribution is -2.24. The van der Waals surface area contributed by atoms with Crippen molar-refractivity contribution in [1.82, 2.24) is 4.90 Å². The maximum absolute atomic E-state index is 10.7. The molecule has 1 aromatic carbocycles. The van der Waals surface area contributed by atoms with E-state index in [1.54, 1.807) is 11.0 Å². The Morgan fingerprint density at radius 2 is 2.00 bits per heavy atom. The monoisotopic (exact) mass is 260 g/mol. The number of nitro groups is 1. The van der Waals surface area contributed by atoms with E-state index in [9.17, 15) is 10.1 Å². The van der Waals surface area contributed by atoms with Gasteiger partial charge in [0.15, 0.2) is 0 Å². The molecule has 0 aliphatic carbocycles. The number of nitro benzene ring substituents is 1. The fourth-order valence-corrected chi connectivity index (χ4v) is 1.58. The van der Waals surface area contributed by atoms with Gasteiger partial charge in [-0.1, -0.05) is 6.07 Å². The van der Waals surface area contributed by atoms with E-state index >= 15 is 0 Å². The van der Waals surface area contributed by atoms with E-state index in [1.165, 1.54) is 12.1 Å². The fourth-order valence-electron chi connectivity index (χ4n) is 1.58. The summed E-state index contributed by atoms with van der Waals surface area (Å²) in [6.07, 6.45) is 0. The van der Waals surface area contributed by atoms with E-state index in [2.05, 4.69) is 5.43 Å². The normalized spacial score (nSPS) is 9.68. The number of rotatable bonds is 6. The van der Waals surface area contributed by atoms with Crippen molar-refractivity contribution < 1.29 is 4.92 Å². The molecule has 0 amide bonds. The third-order valence-corrected chi connectivity index (χ3v) is 2.41. The van der Waals surface area contributed by atoms with Crippen LogP contribution in [0.25, 0.3) is 0 Å². The van der Waals surface area contributed by atoms with Crippen molar-refractivity contribution in [3.63, 3.8) is 0 Å². The van der Waals surface area contributed by atoms with E-state index in [1.807, 2.05) is 12.1 Å². The minimum absolute atomic E-state index is 0.107. The van der Waals surface area contributed by atoms with Crippen molar-refractivity contribution in [2.24, 2.45) is 5.84 Å². The standard InChI is InChI=1S/C11H12N6O2/c12-3-5-16(6-4-13)8-9-1-2-11(17(18)19)10(7-9)15-14/h1-2,7,15H,5-6,8,14H2. The summed E-state index contributed by atoms with van der Waals surface area (Å²) in [7, 11) is 0. The Morgan fingerprint density at radius 3 is 2.47 bits per heavy atom. The highest BCUT2D eigenvalue weighted by Gasteiger charge is 2.14. The lowest BCUT2D eigenvalue weighted by atomic mass is 10.1. The molecule has 0 spiro atoms. The molecule has 8 nitrogen and oxygen atoms in total. The molecule has 8 heteroatoms. The Morgan fingerprint density at radius 1 is 1.37 bits per heavy atom. The Bertz CT molecular complexity index is 529. The van der Waals surface area contributed by atoms with E-state index < -0.39 is 4.92 Å². The van der Waals surface area contributed by atoms with E-state index in [0.29, 0.717) is 6.54 Å². The molecule has 0 saturated heterocycles. The second-order valence-corrected chi connectivity index (χ2v) is 3.71. The first kappa shape index (κ1) is 14.4. The molecule has 0 fully saturated rings. The first-order valence-electron chi connectivity index (χ1n) is 5.32. The predicted octanol–water partition coefficient (Wildman–Crippen LogP) is 0.730. The van der Waals surface area contributed by atoms with Crippen molar-refractivity contribution in [3.05, 3.63) is 33.9 Å². The highest BCUT2D eigenvalue weighted by Crippen LogP contribution is 2.24. The van der Waals surface area contributed by atoms with Gasteiger partial charge in [0.25, 0.3) is 5.69 Å². The molecule has 0 aliphatic heterocycles. The highest BCUT2D eigenvalue weighted by molar-refractivity contribution is 5.62. The predicted molar refractivity (Wildman–Crippen MR) is 67.4 cm³/mol. The summed E-state index contributed by atoms with van der Waals surface area (Å²) in [5, 5.41) is 28.0. The quantitative estimate of drug-likeness (QED) is 0.333. The number of nitrogens with one attached hydrogen (secondary N) is 1. The summed E-state index contributed by atoms with van der Waals surface area (Å²) in [5.74, 6) is 5.23. The van der Waals surface area contributed by atoms with Gasteiger partial charge in [-0.15, -0.1) is 0 Å². The molecule has 0 radical (unpaired) electrons. The van der Waals surface area contributed by atoms with Crippen molar-refractivity contribution in [3.8, 4) is 12.1 Å². The highest BCUT2D eigenvalue weighted by atomic mass is 16.6. The molecule has 98 valence electrons. The third-order valence-electron chi connectivity index (χ3n) is 2.41. The van der Waals surface area contributed by atoms with Crippen LogP contribution in [0.5, 0.6) is 0 Å². The van der Waals surface area contributed by atoms with Gasteiger partial charge < -0.3 is 5.43 Å². The molecule has 0 unspecified atom stereocenters. The van der Waals surface area contributed by atoms with Crippen molar-refractivity contribution in [2.75, 3.05) is 18.5 Å². The number of nitriles is 2. The molecule has 3 N–H and O–H groups in total. The molecular weight excluding hydrogens is 248 g/mol. The number of hydrogen-bond donors (Lipinski definition) is 2. The third kappa shape index (κ3) is 3.92. The van der Waals surface area contributed by atoms with Gasteiger partial charge in [-0.05, 0) is 11.6 Å². The molecule has 0 bridgehead atoms. The summed E-state index contributed by atoms with van der Waals surface area (Å²) in [6.45, 7) is 0.555. The van der Waals surface area contributed by atoms with Gasteiger partial charge in [0.1, 0.15) is 5.69 Å². The van der Waals surface area contributed by atoms with Gasteiger partial charge >= 0.3 is 0 Å². The van der Waals surface area contributed by atoms with Crippen LogP contribution in [0.15, 0.2) is 18.2 Å². The van der Waals surface area contributed by atoms with Gasteiger partial charge in [-0.3, -0.25) is 20.9 Å². The number of benzene rings is 1. The molecule has 0 saturated carbocycles. The Hall–Kier alpha value is -2.68. The molecule has 0 atom stereocenters. The lowest BCUT2D eigenvalue weighted by molar-refractivity contribution is -0.384. The first-order chi connectivity index (χ1) is 9.12. The number of nitrogen functional groups attached to an aromatic ring is 1. The van der Waals surface area contributed by atoms with E-state index in [-0.39, 0.29) is 24.5 Å². The molecule has 0 aliphatic rings. The number of nitrogens with zero attached hydrogens (tertiary/aromatic N) is 4. The van der Waals surface area contributed by atoms with Gasteiger partial charge in [0.2, 0.25) is 0 Å². The second kappa shape index (κ2) is 6.91. The Labute approximate surface area is 109 Å². The number of nitrogens with two attached hydrogens (primary N) is 1. The van der Waals surface area contributed by atoms with E-state index in [4.69, 9.17) is 16.4 Å². The van der Waals surface area contributed by atoms with Gasteiger partial charge in [-0.25, -0.2) is 0 Å². The summed E-state index contributed by atoms with van der Waals surface area (Å²) in [6, 6.07) is 8.35. The summed E-state index contributed by atoms with van der Waals surface area (Å²) in [5.41, 5.74) is 3.05. The van der Waals surface area contributed by atoms with Crippen LogP contribution in [0.1, 0.15) is 5.56 Å². The molecule has 19 heavy (non-hydrogen) atoms. The molecule has 0 aromatic heterocycles. The average Bonchev–Trinajstić information content (AvgIpc) is 2.38. The topological polar surface area (TPSA) is 132 Å². The zero-order valence-corrected chi connectivity index (χ0v) is 10.0. The van der Waals surface area contributed by atoms with Crippen LogP contribution in [0.4, 0.5) is 11.4 Å². The van der Waals surface area contributed by atoms with E-state index in [0.717, 1.165) is 5.56 Å². The van der Waals surface area contributed by atoms with Crippen LogP contribution < -0.4 is 11.3 Å². The molecule has 1 rings (SSSR count). The minimum atomic E-state index is -0.540. The van der Waals surface area contributed by atoms with Crippen molar-refractivity contribution >= 4 is 11.4 Å². The van der Waals surface area contributed by atoms with Crippen molar-refractivity contribution in [2.45, 2.75) is 6.54 Å². The molecule has 1 aromatic rings. The van der Waals surface area contributed by atoms with Crippen molar-refractivity contribution in [1.29, 1.82) is 10.5 Å². The molecule has 0 heterocycles. The largest absolute Gasteiger partial charge is 0.318 e. The summed E-state index contributed by atoms with van der Waals surface area (Å²) in [4.78, 5) is 11.8. The zero-order valence-electron chi connectivity index (χ0n) is 10.0. The van der Waals surface area contributed by atoms with Gasteiger partial charge in [0, 0.05) is 12.6 Å². The van der Waals surface area contributed by atoms with Crippen LogP contribution in [-0.2, 0) is 6.54 Å². The smallest absolute Gasteiger partial charge is 0.293 e. The zero-order chi connectivity index (χ0) is 14.3. The molecular formula is C11H12N6O2. The maximum atomic E-state index is 10.7. The SMILES string of the molecule is N#CCN(CC#N)Cc1ccc([N+](=O)[O-])c(NN)c1. The van der Waals surface area contributed by atoms with Gasteiger partial charge in [0.05, 0.1) is 30.2 Å². The van der Waals surface area contributed by atoms with Crippen LogP contribution in [0, 0.1) is 32.8 Å². The van der Waals surface area contributed by atoms with Crippen LogP contribution >= 0.6 is 0 Å². The maximum Gasteiger partial charge on any atom is 0.293 e. The Balaban J connectivity index is 2.93. The summed E-state index contributed by atoms with van der Waals surface area (Å²) >= 11 is 0. The van der Waals surface area contributed by atoms with Crippen LogP contribution in [-0.4, -0.2) is 22.9 Å².